The summed E-state index contributed by atoms with van der Waals surface area (Å²) in [6, 6.07) is 6.49. The van der Waals surface area contributed by atoms with Crippen LogP contribution in [0.15, 0.2) is 52.2 Å². The summed E-state index contributed by atoms with van der Waals surface area (Å²) >= 11 is 0. The summed E-state index contributed by atoms with van der Waals surface area (Å²) in [6.45, 7) is 0.0846. The lowest BCUT2D eigenvalue weighted by Gasteiger charge is -2.13. The topological polar surface area (TPSA) is 81.4 Å². The van der Waals surface area contributed by atoms with Crippen LogP contribution in [0, 0.1) is 0 Å². The van der Waals surface area contributed by atoms with Crippen LogP contribution in [0.3, 0.4) is 0 Å². The molecule has 0 aliphatic carbocycles. The van der Waals surface area contributed by atoms with Gasteiger partial charge in [0.05, 0.1) is 6.26 Å². The van der Waals surface area contributed by atoms with Crippen molar-refractivity contribution in [2.45, 2.75) is 11.0 Å². The fourth-order valence-corrected chi connectivity index (χ4v) is 2.54. The Bertz CT molecular complexity index is 596. The second kappa shape index (κ2) is 5.96. The lowest BCUT2D eigenvalue weighted by molar-refractivity contribution is 0.0878. The van der Waals surface area contributed by atoms with Crippen molar-refractivity contribution < 1.29 is 17.6 Å². The number of hydrogen-bond donors (Lipinski definition) is 1. The Hall–Kier alpha value is -1.70. The maximum atomic E-state index is 12.0. The first kappa shape index (κ1) is 13.7. The monoisotopic (exact) mass is 282 g/mol. The molecule has 0 fully saturated rings. The molecule has 7 heteroatoms. The second-order valence-corrected chi connectivity index (χ2v) is 5.55. The van der Waals surface area contributed by atoms with Crippen molar-refractivity contribution in [3.8, 4) is 0 Å². The summed E-state index contributed by atoms with van der Waals surface area (Å²) in [5.41, 5.74) is 0. The van der Waals surface area contributed by atoms with E-state index >= 15 is 0 Å². The van der Waals surface area contributed by atoms with Crippen molar-refractivity contribution in [2.75, 3.05) is 13.7 Å². The fraction of sp³-hybridized carbons (Fsp3) is 0.250. The van der Waals surface area contributed by atoms with E-state index in [1.807, 2.05) is 0 Å². The highest BCUT2D eigenvalue weighted by atomic mass is 32.2. The van der Waals surface area contributed by atoms with E-state index in [0.717, 1.165) is 0 Å². The molecule has 0 aliphatic rings. The molecule has 0 saturated heterocycles. The molecule has 0 bridgehead atoms. The molecule has 0 saturated carbocycles. The largest absolute Gasteiger partial charge is 0.467 e. The zero-order chi connectivity index (χ0) is 13.7. The number of nitrogens with zero attached hydrogens (tertiary/aromatic N) is 1. The number of nitrogens with one attached hydrogen (secondary N) is 1. The molecule has 2 heterocycles. The van der Waals surface area contributed by atoms with Gasteiger partial charge in [0.2, 0.25) is 10.0 Å². The summed E-state index contributed by atoms with van der Waals surface area (Å²) < 4.78 is 36.8. The third-order valence-corrected chi connectivity index (χ3v) is 3.96. The molecular formula is C12H14N2O4S. The highest BCUT2D eigenvalue weighted by Crippen LogP contribution is 2.17. The van der Waals surface area contributed by atoms with Gasteiger partial charge in [-0.2, -0.15) is 0 Å². The maximum Gasteiger partial charge on any atom is 0.242 e. The normalized spacial score (nSPS) is 13.3. The molecule has 19 heavy (non-hydrogen) atoms. The van der Waals surface area contributed by atoms with Crippen molar-refractivity contribution in [3.05, 3.63) is 48.7 Å². The molecule has 0 aromatic carbocycles. The minimum atomic E-state index is -3.59. The number of ether oxygens (including phenoxy) is 1. The van der Waals surface area contributed by atoms with Gasteiger partial charge < -0.3 is 9.15 Å². The van der Waals surface area contributed by atoms with Gasteiger partial charge in [-0.25, -0.2) is 13.1 Å². The van der Waals surface area contributed by atoms with Gasteiger partial charge in [-0.05, 0) is 24.3 Å². The lowest BCUT2D eigenvalue weighted by atomic mass is 10.3. The molecule has 0 spiro atoms. The van der Waals surface area contributed by atoms with Gasteiger partial charge in [0.25, 0.3) is 0 Å². The minimum absolute atomic E-state index is 0.0846. The standard InChI is InChI=1S/C12H14N2O4S/c1-17-12(11-5-3-7-18-11)9-14-19(15,16)10-4-2-6-13-8-10/h2-8,12,14H,9H2,1H3. The Morgan fingerprint density at radius 2 is 2.26 bits per heavy atom. The SMILES string of the molecule is COC(CNS(=O)(=O)c1cccnc1)c1ccco1. The molecule has 1 N–H and O–H groups in total. The second-order valence-electron chi connectivity index (χ2n) is 3.78. The van der Waals surface area contributed by atoms with E-state index in [1.165, 1.54) is 31.8 Å². The van der Waals surface area contributed by atoms with E-state index in [1.54, 1.807) is 18.2 Å². The zero-order valence-electron chi connectivity index (χ0n) is 10.3. The predicted molar refractivity (Wildman–Crippen MR) is 67.9 cm³/mol. The molecule has 2 aromatic rings. The van der Waals surface area contributed by atoms with Gasteiger partial charge in [-0.15, -0.1) is 0 Å². The highest BCUT2D eigenvalue weighted by molar-refractivity contribution is 7.89. The van der Waals surface area contributed by atoms with Gasteiger partial charge in [0, 0.05) is 26.0 Å². The number of furan rings is 1. The van der Waals surface area contributed by atoms with Crippen molar-refractivity contribution in [1.82, 2.24) is 9.71 Å². The summed E-state index contributed by atoms with van der Waals surface area (Å²) in [7, 11) is -2.10. The Kier molecular flexibility index (Phi) is 4.31. The van der Waals surface area contributed by atoms with E-state index in [0.29, 0.717) is 5.76 Å². The van der Waals surface area contributed by atoms with E-state index in [9.17, 15) is 8.42 Å². The first-order chi connectivity index (χ1) is 9.13. The number of rotatable bonds is 6. The molecular weight excluding hydrogens is 268 g/mol. The molecule has 2 rings (SSSR count). The summed E-state index contributed by atoms with van der Waals surface area (Å²) in [5.74, 6) is 0.566. The van der Waals surface area contributed by atoms with Gasteiger partial charge in [0.15, 0.2) is 0 Å². The minimum Gasteiger partial charge on any atom is -0.467 e. The number of aromatic nitrogens is 1. The quantitative estimate of drug-likeness (QED) is 0.864. The summed E-state index contributed by atoms with van der Waals surface area (Å²) in [6.07, 6.45) is 3.84. The summed E-state index contributed by atoms with van der Waals surface area (Å²) in [5, 5.41) is 0. The Morgan fingerprint density at radius 1 is 1.42 bits per heavy atom. The Morgan fingerprint density at radius 3 is 2.84 bits per heavy atom. The van der Waals surface area contributed by atoms with Crippen molar-refractivity contribution in [1.29, 1.82) is 0 Å². The van der Waals surface area contributed by atoms with Crippen LogP contribution < -0.4 is 4.72 Å². The molecule has 1 unspecified atom stereocenters. The lowest BCUT2D eigenvalue weighted by Crippen LogP contribution is -2.29. The van der Waals surface area contributed by atoms with E-state index in [4.69, 9.17) is 9.15 Å². The average molecular weight is 282 g/mol. The van der Waals surface area contributed by atoms with Gasteiger partial charge >= 0.3 is 0 Å². The molecule has 102 valence electrons. The Labute approximate surface area is 111 Å². The van der Waals surface area contributed by atoms with Gasteiger partial charge in [-0.3, -0.25) is 4.98 Å². The number of sulfonamides is 1. The first-order valence-electron chi connectivity index (χ1n) is 5.59. The van der Waals surface area contributed by atoms with E-state index in [2.05, 4.69) is 9.71 Å². The fourth-order valence-electron chi connectivity index (χ4n) is 1.55. The van der Waals surface area contributed by atoms with E-state index in [-0.39, 0.29) is 11.4 Å². The van der Waals surface area contributed by atoms with Crippen molar-refractivity contribution >= 4 is 10.0 Å². The first-order valence-corrected chi connectivity index (χ1v) is 7.07. The van der Waals surface area contributed by atoms with Crippen molar-refractivity contribution in [2.24, 2.45) is 0 Å². The van der Waals surface area contributed by atoms with Gasteiger partial charge in [-0.1, -0.05) is 0 Å². The van der Waals surface area contributed by atoms with Crippen LogP contribution in [0.5, 0.6) is 0 Å². The molecule has 0 aliphatic heterocycles. The van der Waals surface area contributed by atoms with Crippen LogP contribution >= 0.6 is 0 Å². The smallest absolute Gasteiger partial charge is 0.242 e. The molecule has 0 radical (unpaired) electrons. The average Bonchev–Trinajstić information content (AvgIpc) is 2.94. The molecule has 0 amide bonds. The van der Waals surface area contributed by atoms with E-state index < -0.39 is 16.1 Å². The number of pyridine rings is 1. The maximum absolute atomic E-state index is 12.0. The van der Waals surface area contributed by atoms with Gasteiger partial charge in [0.1, 0.15) is 16.8 Å². The summed E-state index contributed by atoms with van der Waals surface area (Å²) in [4.78, 5) is 3.89. The third-order valence-electron chi connectivity index (χ3n) is 2.55. The number of methoxy groups -OCH3 is 1. The predicted octanol–water partition coefficient (Wildman–Crippen LogP) is 1.34. The van der Waals surface area contributed by atoms with Crippen LogP contribution in [0.1, 0.15) is 11.9 Å². The molecule has 6 nitrogen and oxygen atoms in total. The molecule has 1 atom stereocenters. The zero-order valence-corrected chi connectivity index (χ0v) is 11.1. The molecule has 2 aromatic heterocycles. The van der Waals surface area contributed by atoms with Crippen LogP contribution in [0.25, 0.3) is 0 Å². The van der Waals surface area contributed by atoms with Crippen LogP contribution in [-0.4, -0.2) is 27.1 Å². The van der Waals surface area contributed by atoms with Crippen LogP contribution in [0.2, 0.25) is 0 Å². The van der Waals surface area contributed by atoms with Crippen molar-refractivity contribution in [3.63, 3.8) is 0 Å². The number of hydrogen-bond acceptors (Lipinski definition) is 5. The Balaban J connectivity index is 2.06. The highest BCUT2D eigenvalue weighted by Gasteiger charge is 2.19. The van der Waals surface area contributed by atoms with Crippen LogP contribution in [-0.2, 0) is 14.8 Å². The van der Waals surface area contributed by atoms with Crippen LogP contribution in [0.4, 0.5) is 0 Å². The third kappa shape index (κ3) is 3.40.